The number of rotatable bonds is 6. The molecule has 0 aliphatic carbocycles. The SMILES string of the molecule is C/C=C\c1ccc2n(c1=O)C[C@H]1[C@H](CO)[C@@H](C(=O)NCCC)N(C(=O)C3CCOCC3)[C@@H]21. The van der Waals surface area contributed by atoms with E-state index >= 15 is 0 Å². The van der Waals surface area contributed by atoms with E-state index in [0.29, 0.717) is 44.7 Å². The lowest BCUT2D eigenvalue weighted by Gasteiger charge is -2.34. The van der Waals surface area contributed by atoms with Crippen LogP contribution in [0.3, 0.4) is 0 Å². The molecular formula is C24H33N3O5. The molecule has 0 aromatic carbocycles. The third-order valence-electron chi connectivity index (χ3n) is 7.09. The number of carbonyl (C=O) groups is 2. The molecule has 1 aromatic rings. The number of carbonyl (C=O) groups excluding carboxylic acids is 2. The normalized spacial score (nSPS) is 27.5. The van der Waals surface area contributed by atoms with Gasteiger partial charge in [-0.25, -0.2) is 0 Å². The van der Waals surface area contributed by atoms with Crippen LogP contribution in [0, 0.1) is 17.8 Å². The summed E-state index contributed by atoms with van der Waals surface area (Å²) < 4.78 is 7.16. The number of nitrogens with zero attached hydrogens (tertiary/aromatic N) is 2. The van der Waals surface area contributed by atoms with Crippen LogP contribution in [0.15, 0.2) is 23.0 Å². The Bertz CT molecular complexity index is 949. The Labute approximate surface area is 188 Å². The number of hydrogen-bond donors (Lipinski definition) is 2. The Balaban J connectivity index is 1.77. The van der Waals surface area contributed by atoms with Crippen molar-refractivity contribution >= 4 is 17.9 Å². The topological polar surface area (TPSA) is 101 Å². The number of ether oxygens (including phenoxy) is 1. The van der Waals surface area contributed by atoms with Crippen LogP contribution in [-0.4, -0.2) is 58.8 Å². The van der Waals surface area contributed by atoms with E-state index in [1.807, 2.05) is 26.0 Å². The highest BCUT2D eigenvalue weighted by Crippen LogP contribution is 2.50. The highest BCUT2D eigenvalue weighted by Gasteiger charge is 2.57. The molecule has 4 rings (SSSR count). The Morgan fingerprint density at radius 2 is 2.03 bits per heavy atom. The lowest BCUT2D eigenvalue weighted by Crippen LogP contribution is -2.52. The number of amides is 2. The van der Waals surface area contributed by atoms with Crippen molar-refractivity contribution in [3.8, 4) is 0 Å². The molecule has 174 valence electrons. The fourth-order valence-electron chi connectivity index (χ4n) is 5.56. The summed E-state index contributed by atoms with van der Waals surface area (Å²) >= 11 is 0. The van der Waals surface area contributed by atoms with Gasteiger partial charge in [-0.15, -0.1) is 0 Å². The van der Waals surface area contributed by atoms with Gasteiger partial charge in [-0.05, 0) is 38.3 Å². The minimum absolute atomic E-state index is 0.0747. The van der Waals surface area contributed by atoms with Crippen molar-refractivity contribution < 1.29 is 19.4 Å². The zero-order chi connectivity index (χ0) is 22.8. The summed E-state index contributed by atoms with van der Waals surface area (Å²) in [6, 6.07) is 2.54. The molecule has 4 atom stereocenters. The van der Waals surface area contributed by atoms with E-state index in [2.05, 4.69) is 5.32 Å². The number of aromatic nitrogens is 1. The van der Waals surface area contributed by atoms with Gasteiger partial charge in [0.05, 0.1) is 6.04 Å². The monoisotopic (exact) mass is 443 g/mol. The predicted molar refractivity (Wildman–Crippen MR) is 120 cm³/mol. The quantitative estimate of drug-likeness (QED) is 0.691. The van der Waals surface area contributed by atoms with Crippen LogP contribution in [0.5, 0.6) is 0 Å². The van der Waals surface area contributed by atoms with Crippen molar-refractivity contribution in [3.63, 3.8) is 0 Å². The molecule has 3 aliphatic heterocycles. The molecule has 32 heavy (non-hydrogen) atoms. The zero-order valence-corrected chi connectivity index (χ0v) is 18.8. The largest absolute Gasteiger partial charge is 0.396 e. The summed E-state index contributed by atoms with van der Waals surface area (Å²) in [6.07, 6.45) is 5.62. The van der Waals surface area contributed by atoms with E-state index in [0.717, 1.165) is 12.1 Å². The van der Waals surface area contributed by atoms with Gasteiger partial charge in [-0.1, -0.05) is 19.1 Å². The zero-order valence-electron chi connectivity index (χ0n) is 18.8. The number of aliphatic hydroxyl groups is 1. The third kappa shape index (κ3) is 3.79. The molecule has 2 saturated heterocycles. The van der Waals surface area contributed by atoms with E-state index < -0.39 is 18.0 Å². The second-order valence-electron chi connectivity index (χ2n) is 8.95. The maximum Gasteiger partial charge on any atom is 0.258 e. The van der Waals surface area contributed by atoms with E-state index in [1.165, 1.54) is 0 Å². The molecular weight excluding hydrogens is 410 g/mol. The van der Waals surface area contributed by atoms with Gasteiger partial charge in [0, 0.05) is 61.9 Å². The molecule has 8 nitrogen and oxygen atoms in total. The van der Waals surface area contributed by atoms with E-state index in [1.54, 1.807) is 21.6 Å². The molecule has 2 N–H and O–H groups in total. The van der Waals surface area contributed by atoms with Gasteiger partial charge in [0.25, 0.3) is 5.56 Å². The highest BCUT2D eigenvalue weighted by atomic mass is 16.5. The fraction of sp³-hybridized carbons (Fsp3) is 0.625. The van der Waals surface area contributed by atoms with Crippen LogP contribution >= 0.6 is 0 Å². The maximum absolute atomic E-state index is 13.8. The van der Waals surface area contributed by atoms with Crippen LogP contribution in [-0.2, 0) is 20.9 Å². The summed E-state index contributed by atoms with van der Waals surface area (Å²) in [5.74, 6) is -1.12. The van der Waals surface area contributed by atoms with E-state index in [-0.39, 0.29) is 35.8 Å². The highest BCUT2D eigenvalue weighted by molar-refractivity contribution is 5.90. The number of likely N-dealkylation sites (tertiary alicyclic amines) is 1. The smallest absolute Gasteiger partial charge is 0.258 e. The summed E-state index contributed by atoms with van der Waals surface area (Å²) in [6.45, 7) is 5.59. The minimum Gasteiger partial charge on any atom is -0.396 e. The number of fused-ring (bicyclic) bond motifs is 3. The molecule has 0 bridgehead atoms. The average Bonchev–Trinajstić information content (AvgIpc) is 3.34. The third-order valence-corrected chi connectivity index (χ3v) is 7.09. The maximum atomic E-state index is 13.8. The Hall–Kier alpha value is -2.45. The van der Waals surface area contributed by atoms with Crippen molar-refractivity contribution in [1.29, 1.82) is 0 Å². The van der Waals surface area contributed by atoms with Crippen LogP contribution in [0.25, 0.3) is 6.08 Å². The summed E-state index contributed by atoms with van der Waals surface area (Å²) in [7, 11) is 0. The van der Waals surface area contributed by atoms with Gasteiger partial charge in [-0.2, -0.15) is 0 Å². The molecule has 0 spiro atoms. The van der Waals surface area contributed by atoms with Crippen LogP contribution in [0.2, 0.25) is 0 Å². The van der Waals surface area contributed by atoms with Gasteiger partial charge < -0.3 is 24.6 Å². The van der Waals surface area contributed by atoms with Gasteiger partial charge >= 0.3 is 0 Å². The van der Waals surface area contributed by atoms with Gasteiger partial charge in [-0.3, -0.25) is 14.4 Å². The Morgan fingerprint density at radius 3 is 2.69 bits per heavy atom. The number of pyridine rings is 1. The fourth-order valence-corrected chi connectivity index (χ4v) is 5.56. The number of allylic oxidation sites excluding steroid dienone is 1. The molecule has 2 fully saturated rings. The first-order valence-electron chi connectivity index (χ1n) is 11.7. The van der Waals surface area contributed by atoms with Crippen LogP contribution < -0.4 is 10.9 Å². The minimum atomic E-state index is -0.740. The van der Waals surface area contributed by atoms with Crippen LogP contribution in [0.1, 0.15) is 50.4 Å². The molecule has 2 amide bonds. The molecule has 0 radical (unpaired) electrons. The van der Waals surface area contributed by atoms with Crippen molar-refractivity contribution in [2.24, 2.45) is 17.8 Å². The van der Waals surface area contributed by atoms with Crippen molar-refractivity contribution in [1.82, 2.24) is 14.8 Å². The standard InChI is InChI=1S/C24H33N3O5/c1-3-5-15-6-7-19-20-17(13-26(19)23(15)30)18(14-28)21(22(29)25-10-4-2)27(20)24(31)16-8-11-32-12-9-16/h3,5-7,16-18,20-21,28H,4,8-14H2,1-2H3,(H,25,29)/b5-3-/t17-,18-,20+,21-/m0/s1. The number of hydrogen-bond acceptors (Lipinski definition) is 5. The second kappa shape index (κ2) is 9.58. The lowest BCUT2D eigenvalue weighted by atomic mass is 9.88. The van der Waals surface area contributed by atoms with Crippen molar-refractivity contribution in [2.45, 2.75) is 51.7 Å². The van der Waals surface area contributed by atoms with E-state index in [4.69, 9.17) is 4.74 Å². The first-order valence-corrected chi connectivity index (χ1v) is 11.7. The van der Waals surface area contributed by atoms with Gasteiger partial charge in [0.2, 0.25) is 11.8 Å². The van der Waals surface area contributed by atoms with Crippen LogP contribution in [0.4, 0.5) is 0 Å². The second-order valence-corrected chi connectivity index (χ2v) is 8.95. The number of nitrogens with one attached hydrogen (secondary N) is 1. The number of aliphatic hydroxyl groups excluding tert-OH is 1. The summed E-state index contributed by atoms with van der Waals surface area (Å²) in [4.78, 5) is 41.7. The molecule has 0 saturated carbocycles. The first-order chi connectivity index (χ1) is 15.5. The molecule has 4 heterocycles. The van der Waals surface area contributed by atoms with E-state index in [9.17, 15) is 19.5 Å². The van der Waals surface area contributed by atoms with Crippen molar-refractivity contribution in [2.75, 3.05) is 26.4 Å². The molecule has 8 heteroatoms. The molecule has 1 aromatic heterocycles. The first kappa shape index (κ1) is 22.7. The Kier molecular flexibility index (Phi) is 6.81. The Morgan fingerprint density at radius 1 is 1.28 bits per heavy atom. The summed E-state index contributed by atoms with van der Waals surface area (Å²) in [5.41, 5.74) is 1.24. The molecule has 0 unspecified atom stereocenters. The molecule has 3 aliphatic rings. The summed E-state index contributed by atoms with van der Waals surface area (Å²) in [5, 5.41) is 13.2. The lowest BCUT2D eigenvalue weighted by molar-refractivity contribution is -0.147. The average molecular weight is 444 g/mol. The van der Waals surface area contributed by atoms with Gasteiger partial charge in [0.1, 0.15) is 6.04 Å². The predicted octanol–water partition coefficient (Wildman–Crippen LogP) is 1.32. The van der Waals surface area contributed by atoms with Gasteiger partial charge in [0.15, 0.2) is 0 Å². The van der Waals surface area contributed by atoms with Crippen molar-refractivity contribution in [3.05, 3.63) is 39.8 Å².